The summed E-state index contributed by atoms with van der Waals surface area (Å²) in [6.45, 7) is 3.91. The second kappa shape index (κ2) is 18.4. The minimum atomic E-state index is -1.09. The maximum atomic E-state index is 14.4. The van der Waals surface area contributed by atoms with Crippen LogP contribution in [-0.2, 0) is 33.8 Å². The minimum absolute atomic E-state index is 0.0159. The Morgan fingerprint density at radius 1 is 1.08 bits per heavy atom. The van der Waals surface area contributed by atoms with Gasteiger partial charge in [0.05, 0.1) is 22.9 Å². The molecule has 0 saturated carbocycles. The van der Waals surface area contributed by atoms with Crippen LogP contribution in [0.2, 0.25) is 0 Å². The number of carbonyl (C=O) groups is 4. The average molecular weight is 742 g/mol. The molecule has 0 aliphatic carbocycles. The number of nitrogens with zero attached hydrogens (tertiary/aromatic N) is 5. The van der Waals surface area contributed by atoms with Crippen molar-refractivity contribution in [3.05, 3.63) is 57.9 Å². The van der Waals surface area contributed by atoms with E-state index >= 15 is 0 Å². The number of aliphatic hydroxyl groups excluding tert-OH is 1. The van der Waals surface area contributed by atoms with Gasteiger partial charge >= 0.3 is 0 Å². The molecular formula is C36H48FN7O7S. The van der Waals surface area contributed by atoms with E-state index in [0.717, 1.165) is 50.7 Å². The molecule has 3 N–H and O–H groups in total. The number of halogens is 1. The Labute approximate surface area is 306 Å². The average Bonchev–Trinajstić information content (AvgIpc) is 3.89. The molecule has 2 aliphatic rings. The molecule has 2 aliphatic heterocycles. The minimum Gasteiger partial charge on any atom is -0.485 e. The first-order valence-electron chi connectivity index (χ1n) is 17.9. The fourth-order valence-corrected chi connectivity index (χ4v) is 7.16. The number of benzene rings is 1. The highest BCUT2D eigenvalue weighted by Gasteiger charge is 2.44. The van der Waals surface area contributed by atoms with E-state index in [4.69, 9.17) is 9.26 Å². The third kappa shape index (κ3) is 10.3. The van der Waals surface area contributed by atoms with Crippen LogP contribution < -0.4 is 15.4 Å². The van der Waals surface area contributed by atoms with Crippen molar-refractivity contribution in [2.45, 2.75) is 109 Å². The van der Waals surface area contributed by atoms with Crippen molar-refractivity contribution in [3.63, 3.8) is 0 Å². The normalized spacial score (nSPS) is 23.5. The first-order valence-corrected chi connectivity index (χ1v) is 18.9. The Balaban J connectivity index is 1.42. The van der Waals surface area contributed by atoms with Crippen molar-refractivity contribution in [3.8, 4) is 5.75 Å². The van der Waals surface area contributed by atoms with Gasteiger partial charge in [0.1, 0.15) is 29.7 Å². The van der Waals surface area contributed by atoms with E-state index in [9.17, 15) is 28.7 Å². The quantitative estimate of drug-likeness (QED) is 0.359. The summed E-state index contributed by atoms with van der Waals surface area (Å²) in [6, 6.07) is 0.380. The number of nitrogens with one attached hydrogen (secondary N) is 2. The standard InChI is InChI=1S/C36H48FN7O7S/c1-22(2)14-27-35(48)44-18-25(45)17-29(44)36(49)43(3)28(16-24-20-52-21-39-24)34(47)38-13-9-7-5-4-6-8-10-32-41-31(42-51-32)19-50-30-15-23(37)11-12-26(30)33(46)40-27/h11-12,15,20-22,25,27-29,45H,4-10,13-14,16-19H2,1-3H3,(H,38,47)(H,40,46)/t25-,27+,28-,29+/m0/s1. The highest BCUT2D eigenvalue weighted by Crippen LogP contribution is 2.26. The number of thiazole rings is 1. The number of carbonyl (C=O) groups excluding carboxylic acids is 4. The molecule has 1 fully saturated rings. The van der Waals surface area contributed by atoms with E-state index in [2.05, 4.69) is 25.8 Å². The van der Waals surface area contributed by atoms with Gasteiger partial charge in [0.15, 0.2) is 6.61 Å². The summed E-state index contributed by atoms with van der Waals surface area (Å²) in [5, 5.41) is 22.3. The summed E-state index contributed by atoms with van der Waals surface area (Å²) in [5.74, 6) is -2.15. The van der Waals surface area contributed by atoms with Crippen LogP contribution in [0.1, 0.15) is 93.0 Å². The van der Waals surface area contributed by atoms with Gasteiger partial charge in [0.2, 0.25) is 29.4 Å². The molecule has 5 rings (SSSR count). The molecule has 0 unspecified atom stereocenters. The molecule has 4 amide bonds. The Hall–Kier alpha value is -4.44. The molecule has 2 aromatic heterocycles. The number of hydrogen-bond donors (Lipinski definition) is 3. The zero-order valence-electron chi connectivity index (χ0n) is 29.9. The Kier molecular flexibility index (Phi) is 13.7. The summed E-state index contributed by atoms with van der Waals surface area (Å²) >= 11 is 1.39. The highest BCUT2D eigenvalue weighted by molar-refractivity contribution is 7.07. The van der Waals surface area contributed by atoms with Crippen molar-refractivity contribution in [1.29, 1.82) is 0 Å². The molecule has 2 bridgehead atoms. The molecule has 4 atom stereocenters. The van der Waals surface area contributed by atoms with Crippen molar-refractivity contribution >= 4 is 35.0 Å². The monoisotopic (exact) mass is 741 g/mol. The Morgan fingerprint density at radius 2 is 1.85 bits per heavy atom. The van der Waals surface area contributed by atoms with E-state index in [-0.39, 0.29) is 61.4 Å². The highest BCUT2D eigenvalue weighted by atomic mass is 32.1. The summed E-state index contributed by atoms with van der Waals surface area (Å²) in [7, 11) is 1.53. The lowest BCUT2D eigenvalue weighted by atomic mass is 10.0. The van der Waals surface area contributed by atoms with E-state index in [1.54, 1.807) is 5.51 Å². The third-order valence-electron chi connectivity index (χ3n) is 9.33. The van der Waals surface area contributed by atoms with Crippen LogP contribution in [0.5, 0.6) is 5.75 Å². The van der Waals surface area contributed by atoms with Crippen LogP contribution in [0.3, 0.4) is 0 Å². The Bertz CT molecular complexity index is 1670. The Morgan fingerprint density at radius 3 is 2.60 bits per heavy atom. The second-order valence-corrected chi connectivity index (χ2v) is 14.6. The maximum absolute atomic E-state index is 14.4. The van der Waals surface area contributed by atoms with Crippen molar-refractivity contribution in [2.75, 3.05) is 20.1 Å². The summed E-state index contributed by atoms with van der Waals surface area (Å²) in [5.41, 5.74) is 2.30. The van der Waals surface area contributed by atoms with E-state index in [1.807, 2.05) is 19.2 Å². The van der Waals surface area contributed by atoms with Crippen molar-refractivity contribution in [2.24, 2.45) is 5.92 Å². The van der Waals surface area contributed by atoms with Gasteiger partial charge in [-0.05, 0) is 37.3 Å². The number of rotatable bonds is 4. The molecule has 1 aromatic carbocycles. The molecule has 282 valence electrons. The topological polar surface area (TPSA) is 180 Å². The molecule has 0 spiro atoms. The van der Waals surface area contributed by atoms with Crippen LogP contribution in [0.25, 0.3) is 0 Å². The SMILES string of the molecule is CC(C)C[C@H]1NC(=O)c2ccc(F)cc2OCc2noc(n2)CCCCCCCCNC(=O)[C@H](Cc2cscn2)N(C)C(=O)[C@H]2C[C@H](O)CN2C1=O. The lowest BCUT2D eigenvalue weighted by Crippen LogP contribution is -2.57. The summed E-state index contributed by atoms with van der Waals surface area (Å²) in [4.78, 5) is 67.1. The zero-order chi connectivity index (χ0) is 37.2. The van der Waals surface area contributed by atoms with Gasteiger partial charge < -0.3 is 34.8 Å². The van der Waals surface area contributed by atoms with E-state index < -0.39 is 47.8 Å². The predicted octanol–water partition coefficient (Wildman–Crippen LogP) is 3.43. The lowest BCUT2D eigenvalue weighted by molar-refractivity contribution is -0.147. The molecule has 1 saturated heterocycles. The van der Waals surface area contributed by atoms with Crippen molar-refractivity contribution in [1.82, 2.24) is 35.6 Å². The van der Waals surface area contributed by atoms with Crippen LogP contribution in [0.15, 0.2) is 33.6 Å². The number of aliphatic hydroxyl groups is 1. The zero-order valence-corrected chi connectivity index (χ0v) is 30.7. The van der Waals surface area contributed by atoms with Gasteiger partial charge in [0.25, 0.3) is 5.91 Å². The lowest BCUT2D eigenvalue weighted by Gasteiger charge is -2.34. The largest absolute Gasteiger partial charge is 0.485 e. The number of aromatic nitrogens is 3. The van der Waals surface area contributed by atoms with Gasteiger partial charge in [-0.2, -0.15) is 4.98 Å². The number of fused-ring (bicyclic) bond motifs is 4. The summed E-state index contributed by atoms with van der Waals surface area (Å²) < 4.78 is 25.6. The van der Waals surface area contributed by atoms with E-state index in [1.165, 1.54) is 34.3 Å². The van der Waals surface area contributed by atoms with Crippen LogP contribution in [0.4, 0.5) is 4.39 Å². The third-order valence-corrected chi connectivity index (χ3v) is 9.97. The molecule has 3 aromatic rings. The predicted molar refractivity (Wildman–Crippen MR) is 189 cm³/mol. The maximum Gasteiger partial charge on any atom is 0.255 e. The molecular weight excluding hydrogens is 694 g/mol. The number of amides is 4. The second-order valence-electron chi connectivity index (χ2n) is 13.9. The van der Waals surface area contributed by atoms with Gasteiger partial charge in [0, 0.05) is 50.8 Å². The fourth-order valence-electron chi connectivity index (χ4n) is 6.58. The van der Waals surface area contributed by atoms with E-state index in [0.29, 0.717) is 24.6 Å². The number of aryl methyl sites for hydroxylation is 1. The molecule has 14 nitrogen and oxygen atoms in total. The first kappa shape index (κ1) is 38.8. The molecule has 0 radical (unpaired) electrons. The summed E-state index contributed by atoms with van der Waals surface area (Å²) in [6.07, 6.45) is 5.42. The molecule has 16 heteroatoms. The first-order chi connectivity index (χ1) is 25.0. The molecule has 4 heterocycles. The molecule has 52 heavy (non-hydrogen) atoms. The van der Waals surface area contributed by atoms with Crippen LogP contribution in [-0.4, -0.2) is 98.0 Å². The smallest absolute Gasteiger partial charge is 0.255 e. The van der Waals surface area contributed by atoms with Gasteiger partial charge in [-0.15, -0.1) is 11.3 Å². The van der Waals surface area contributed by atoms with Gasteiger partial charge in [-0.3, -0.25) is 19.2 Å². The van der Waals surface area contributed by atoms with Gasteiger partial charge in [-0.25, -0.2) is 9.37 Å². The fraction of sp³-hybridized carbons (Fsp3) is 0.583. The van der Waals surface area contributed by atoms with Crippen LogP contribution >= 0.6 is 11.3 Å². The number of hydrogen-bond acceptors (Lipinski definition) is 11. The number of ether oxygens (including phenoxy) is 1. The number of likely N-dealkylation sites (N-methyl/N-ethyl adjacent to an activating group) is 1. The van der Waals surface area contributed by atoms with Crippen LogP contribution in [0, 0.1) is 11.7 Å². The van der Waals surface area contributed by atoms with Gasteiger partial charge in [-0.1, -0.05) is 44.7 Å². The van der Waals surface area contributed by atoms with Crippen molar-refractivity contribution < 1.29 is 37.9 Å².